The lowest BCUT2D eigenvalue weighted by Crippen LogP contribution is -2.34. The van der Waals surface area contributed by atoms with Crippen molar-refractivity contribution in [3.05, 3.63) is 80.4 Å². The second-order valence-electron chi connectivity index (χ2n) is 5.51. The highest BCUT2D eigenvalue weighted by Gasteiger charge is 2.17. The van der Waals surface area contributed by atoms with Gasteiger partial charge in [0.15, 0.2) is 5.76 Å². The van der Waals surface area contributed by atoms with E-state index >= 15 is 0 Å². The lowest BCUT2D eigenvalue weighted by atomic mass is 10.2. The first kappa shape index (κ1) is 19.0. The number of rotatable bonds is 6. The van der Waals surface area contributed by atoms with Crippen molar-refractivity contribution in [3.63, 3.8) is 0 Å². The van der Waals surface area contributed by atoms with E-state index in [1.807, 2.05) is 0 Å². The fourth-order valence-corrected chi connectivity index (χ4v) is 3.12. The maximum Gasteiger partial charge on any atom is 0.313 e. The number of nitro groups is 1. The van der Waals surface area contributed by atoms with E-state index in [4.69, 9.17) is 4.42 Å². The first-order valence-electron chi connectivity index (χ1n) is 7.94. The van der Waals surface area contributed by atoms with E-state index < -0.39 is 16.7 Å². The lowest BCUT2D eigenvalue weighted by Gasteiger charge is -2.05. The van der Waals surface area contributed by atoms with Gasteiger partial charge in [0.2, 0.25) is 5.78 Å². The van der Waals surface area contributed by atoms with E-state index in [0.717, 1.165) is 0 Å². The van der Waals surface area contributed by atoms with Crippen LogP contribution < -0.4 is 10.6 Å². The Morgan fingerprint density at radius 2 is 1.79 bits per heavy atom. The molecule has 0 bridgehead atoms. The van der Waals surface area contributed by atoms with Crippen molar-refractivity contribution in [2.75, 3.05) is 5.32 Å². The monoisotopic (exact) mass is 399 g/mol. The number of nitrogens with zero attached hydrogens (tertiary/aromatic N) is 1. The summed E-state index contributed by atoms with van der Waals surface area (Å²) < 4.78 is 5.06. The van der Waals surface area contributed by atoms with Gasteiger partial charge in [0.05, 0.1) is 22.6 Å². The van der Waals surface area contributed by atoms with Crippen molar-refractivity contribution < 1.29 is 23.7 Å². The zero-order valence-corrected chi connectivity index (χ0v) is 15.0. The average molecular weight is 399 g/mol. The quantitative estimate of drug-likeness (QED) is 0.283. The van der Waals surface area contributed by atoms with Crippen LogP contribution in [0.5, 0.6) is 0 Å². The minimum Gasteiger partial charge on any atom is -0.461 e. The molecule has 3 aromatic rings. The minimum absolute atomic E-state index is 0.0720. The molecule has 0 saturated heterocycles. The predicted octanol–water partition coefficient (Wildman–Crippen LogP) is 2.74. The number of non-ortho nitro benzene ring substituents is 1. The molecule has 2 heterocycles. The molecule has 142 valence electrons. The number of carbonyl (C=O) groups excluding carboxylic acids is 3. The van der Waals surface area contributed by atoms with Gasteiger partial charge < -0.3 is 15.1 Å². The predicted molar refractivity (Wildman–Crippen MR) is 100 cm³/mol. The number of nitrogens with one attached hydrogen (secondary N) is 2. The van der Waals surface area contributed by atoms with E-state index in [2.05, 4.69) is 10.6 Å². The maximum atomic E-state index is 12.2. The van der Waals surface area contributed by atoms with Crippen LogP contribution in [0.2, 0.25) is 0 Å². The molecule has 9 nitrogen and oxygen atoms in total. The molecule has 2 aromatic heterocycles. The molecule has 10 heteroatoms. The molecular weight excluding hydrogens is 386 g/mol. The van der Waals surface area contributed by atoms with E-state index in [1.165, 1.54) is 41.9 Å². The van der Waals surface area contributed by atoms with Crippen LogP contribution in [-0.4, -0.2) is 22.5 Å². The summed E-state index contributed by atoms with van der Waals surface area (Å²) in [5.41, 5.74) is 0.133. The Hall–Kier alpha value is -3.79. The lowest BCUT2D eigenvalue weighted by molar-refractivity contribution is -0.384. The van der Waals surface area contributed by atoms with Crippen molar-refractivity contribution in [2.45, 2.75) is 6.54 Å². The minimum atomic E-state index is -0.905. The number of ketones is 1. The molecule has 0 spiro atoms. The first-order chi connectivity index (χ1) is 13.4. The van der Waals surface area contributed by atoms with Crippen LogP contribution in [0.15, 0.2) is 59.2 Å². The maximum absolute atomic E-state index is 12.2. The summed E-state index contributed by atoms with van der Waals surface area (Å²) in [5, 5.41) is 15.4. The number of thiophene rings is 1. The molecule has 3 rings (SSSR count). The Balaban J connectivity index is 1.53. The van der Waals surface area contributed by atoms with Crippen molar-refractivity contribution in [2.24, 2.45) is 0 Å². The van der Waals surface area contributed by atoms with Crippen LogP contribution in [0.4, 0.5) is 11.4 Å². The molecule has 2 amide bonds. The van der Waals surface area contributed by atoms with Crippen LogP contribution in [0.1, 0.15) is 20.3 Å². The SMILES string of the molecule is O=C(NCc1ccc(C(=O)c2ccco2)s1)C(=O)Nc1ccc([N+](=O)[O-])cc1. The van der Waals surface area contributed by atoms with Crippen molar-refractivity contribution in [3.8, 4) is 0 Å². The highest BCUT2D eigenvalue weighted by atomic mass is 32.1. The van der Waals surface area contributed by atoms with E-state index in [-0.39, 0.29) is 29.5 Å². The molecule has 28 heavy (non-hydrogen) atoms. The Labute approximate surface area is 162 Å². The van der Waals surface area contributed by atoms with Gasteiger partial charge in [0.25, 0.3) is 5.69 Å². The number of benzene rings is 1. The number of furan rings is 1. The number of hydrogen-bond donors (Lipinski definition) is 2. The van der Waals surface area contributed by atoms with E-state index in [9.17, 15) is 24.5 Å². The average Bonchev–Trinajstić information content (AvgIpc) is 3.38. The Kier molecular flexibility index (Phi) is 5.61. The van der Waals surface area contributed by atoms with Crippen molar-refractivity contribution >= 4 is 40.3 Å². The molecule has 2 N–H and O–H groups in total. The normalized spacial score (nSPS) is 10.3. The Bertz CT molecular complexity index is 1020. The summed E-state index contributed by atoms with van der Waals surface area (Å²) in [5.74, 6) is -1.81. The van der Waals surface area contributed by atoms with Crippen molar-refractivity contribution in [1.82, 2.24) is 5.32 Å². The zero-order valence-electron chi connectivity index (χ0n) is 14.2. The third-order valence-electron chi connectivity index (χ3n) is 3.60. The summed E-state index contributed by atoms with van der Waals surface area (Å²) in [6, 6.07) is 11.6. The number of amides is 2. The van der Waals surface area contributed by atoms with Gasteiger partial charge in [-0.3, -0.25) is 24.5 Å². The molecule has 0 aliphatic carbocycles. The molecule has 0 radical (unpaired) electrons. The standard InChI is InChI=1S/C18H13N3O6S/c22-16(14-2-1-9-27-14)15-8-7-13(28-15)10-19-17(23)18(24)20-11-3-5-12(6-4-11)21(25)26/h1-9H,10H2,(H,19,23)(H,20,24). The smallest absolute Gasteiger partial charge is 0.313 e. The Morgan fingerprint density at radius 3 is 2.43 bits per heavy atom. The van der Waals surface area contributed by atoms with Crippen LogP contribution in [0.3, 0.4) is 0 Å². The molecule has 0 atom stereocenters. The number of anilines is 1. The van der Waals surface area contributed by atoms with Gasteiger partial charge in [-0.2, -0.15) is 0 Å². The number of nitro benzene ring substituents is 1. The topological polar surface area (TPSA) is 132 Å². The molecule has 0 unspecified atom stereocenters. The Morgan fingerprint density at radius 1 is 1.04 bits per heavy atom. The highest BCUT2D eigenvalue weighted by molar-refractivity contribution is 7.14. The van der Waals surface area contributed by atoms with Crippen LogP contribution >= 0.6 is 11.3 Å². The molecule has 0 aliphatic heterocycles. The summed E-state index contributed by atoms with van der Waals surface area (Å²) >= 11 is 1.18. The first-order valence-corrected chi connectivity index (χ1v) is 8.76. The fourth-order valence-electron chi connectivity index (χ4n) is 2.23. The second-order valence-corrected chi connectivity index (χ2v) is 6.68. The van der Waals surface area contributed by atoms with Crippen LogP contribution in [-0.2, 0) is 16.1 Å². The summed E-state index contributed by atoms with van der Waals surface area (Å²) in [4.78, 5) is 47.2. The largest absolute Gasteiger partial charge is 0.461 e. The summed E-state index contributed by atoms with van der Waals surface area (Å²) in [7, 11) is 0. The molecule has 0 aliphatic rings. The van der Waals surface area contributed by atoms with Crippen LogP contribution in [0.25, 0.3) is 0 Å². The van der Waals surface area contributed by atoms with Crippen molar-refractivity contribution in [1.29, 1.82) is 0 Å². The third-order valence-corrected chi connectivity index (χ3v) is 4.68. The molecule has 1 aromatic carbocycles. The fraction of sp³-hybridized carbons (Fsp3) is 0.0556. The third kappa shape index (κ3) is 4.48. The summed E-state index contributed by atoms with van der Waals surface area (Å²) in [6.45, 7) is 0.0720. The number of hydrogen-bond acceptors (Lipinski definition) is 7. The summed E-state index contributed by atoms with van der Waals surface area (Å²) in [6.07, 6.45) is 1.41. The van der Waals surface area contributed by atoms with Crippen LogP contribution in [0, 0.1) is 10.1 Å². The van der Waals surface area contributed by atoms with Gasteiger partial charge in [0.1, 0.15) is 0 Å². The van der Waals surface area contributed by atoms with Gasteiger partial charge in [0, 0.05) is 22.7 Å². The van der Waals surface area contributed by atoms with Gasteiger partial charge >= 0.3 is 11.8 Å². The van der Waals surface area contributed by atoms with E-state index in [1.54, 1.807) is 24.3 Å². The van der Waals surface area contributed by atoms with Gasteiger partial charge in [-0.1, -0.05) is 0 Å². The second kappa shape index (κ2) is 8.27. The molecule has 0 saturated carbocycles. The molecule has 0 fully saturated rings. The highest BCUT2D eigenvalue weighted by Crippen LogP contribution is 2.20. The van der Waals surface area contributed by atoms with Gasteiger partial charge in [-0.15, -0.1) is 11.3 Å². The van der Waals surface area contributed by atoms with Gasteiger partial charge in [-0.25, -0.2) is 0 Å². The zero-order chi connectivity index (χ0) is 20.1. The van der Waals surface area contributed by atoms with Gasteiger partial charge in [-0.05, 0) is 36.4 Å². The van der Waals surface area contributed by atoms with E-state index in [0.29, 0.717) is 9.75 Å². The molecular formula is C18H13N3O6S. The number of carbonyl (C=O) groups is 3.